The van der Waals surface area contributed by atoms with E-state index in [0.29, 0.717) is 11.6 Å². The number of halogens is 1. The number of para-hydroxylation sites is 1. The van der Waals surface area contributed by atoms with Crippen molar-refractivity contribution in [3.8, 4) is 5.75 Å². The first-order valence-electron chi connectivity index (χ1n) is 5.89. The van der Waals surface area contributed by atoms with E-state index in [9.17, 15) is 0 Å². The average Bonchev–Trinajstić information content (AvgIpc) is 2.32. The molecule has 0 N–H and O–H groups in total. The molecule has 0 unspecified atom stereocenters. The maximum atomic E-state index is 6.16. The van der Waals surface area contributed by atoms with Crippen LogP contribution in [0.5, 0.6) is 5.75 Å². The first-order valence-corrected chi connectivity index (χ1v) is 6.27. The predicted molar refractivity (Wildman–Crippen MR) is 62.7 cm³/mol. The molecule has 0 aromatic heterocycles. The molecule has 0 saturated heterocycles. The Hall–Kier alpha value is -0.730. The minimum Gasteiger partial charge on any atom is -0.460 e. The van der Waals surface area contributed by atoms with E-state index in [1.807, 2.05) is 18.2 Å². The van der Waals surface area contributed by atoms with Crippen molar-refractivity contribution in [2.75, 3.05) is 0 Å². The molecule has 1 aliphatic carbocycles. The number of benzene rings is 1. The molecule has 0 bridgehead atoms. The van der Waals surface area contributed by atoms with Crippen LogP contribution in [0.4, 0.5) is 0 Å². The van der Waals surface area contributed by atoms with Crippen molar-refractivity contribution >= 4 is 11.6 Å². The van der Waals surface area contributed by atoms with Crippen LogP contribution in [0.25, 0.3) is 0 Å². The second-order valence-electron chi connectivity index (χ2n) is 4.59. The molecular weight excluding hydrogens is 224 g/mol. The van der Waals surface area contributed by atoms with Crippen molar-refractivity contribution in [2.24, 2.45) is 0 Å². The van der Waals surface area contributed by atoms with Crippen LogP contribution in [-0.2, 0) is 11.3 Å². The van der Waals surface area contributed by atoms with Gasteiger partial charge < -0.3 is 9.47 Å². The van der Waals surface area contributed by atoms with E-state index in [2.05, 4.69) is 0 Å². The van der Waals surface area contributed by atoms with E-state index in [0.717, 1.165) is 24.2 Å². The molecule has 1 fully saturated rings. The average molecular weight is 239 g/mol. The van der Waals surface area contributed by atoms with Gasteiger partial charge in [-0.1, -0.05) is 30.2 Å². The summed E-state index contributed by atoms with van der Waals surface area (Å²) < 4.78 is 11.9. The van der Waals surface area contributed by atoms with E-state index in [-0.39, 0.29) is 0 Å². The van der Waals surface area contributed by atoms with E-state index in [4.69, 9.17) is 21.1 Å². The fourth-order valence-corrected chi connectivity index (χ4v) is 2.78. The first kappa shape index (κ1) is 10.4. The van der Waals surface area contributed by atoms with Gasteiger partial charge in [0, 0.05) is 18.4 Å². The molecular formula is C13H15ClO2. The highest BCUT2D eigenvalue weighted by atomic mass is 35.5. The molecule has 1 aromatic carbocycles. The zero-order valence-corrected chi connectivity index (χ0v) is 9.93. The van der Waals surface area contributed by atoms with Crippen molar-refractivity contribution < 1.29 is 9.47 Å². The summed E-state index contributed by atoms with van der Waals surface area (Å²) in [6.07, 6.45) is 5.61. The Kier molecular flexibility index (Phi) is 2.56. The molecule has 1 spiro atoms. The van der Waals surface area contributed by atoms with Gasteiger partial charge in [-0.3, -0.25) is 0 Å². The van der Waals surface area contributed by atoms with Crippen LogP contribution in [0.15, 0.2) is 18.2 Å². The highest BCUT2D eigenvalue weighted by Crippen LogP contribution is 2.42. The third-order valence-corrected chi connectivity index (χ3v) is 3.74. The van der Waals surface area contributed by atoms with Crippen molar-refractivity contribution in [3.05, 3.63) is 28.8 Å². The Morgan fingerprint density at radius 2 is 1.94 bits per heavy atom. The van der Waals surface area contributed by atoms with Gasteiger partial charge in [0.05, 0.1) is 11.6 Å². The third kappa shape index (κ3) is 1.70. The lowest BCUT2D eigenvalue weighted by atomic mass is 9.93. The summed E-state index contributed by atoms with van der Waals surface area (Å²) in [4.78, 5) is 0. The van der Waals surface area contributed by atoms with Crippen LogP contribution >= 0.6 is 11.6 Å². The van der Waals surface area contributed by atoms with Crippen LogP contribution < -0.4 is 4.74 Å². The molecule has 16 heavy (non-hydrogen) atoms. The van der Waals surface area contributed by atoms with Gasteiger partial charge in [0.2, 0.25) is 5.79 Å². The SMILES string of the molecule is Clc1cccc2c1OC1(CCCCC1)OC2. The van der Waals surface area contributed by atoms with Crippen molar-refractivity contribution in [1.82, 2.24) is 0 Å². The molecule has 1 saturated carbocycles. The monoisotopic (exact) mass is 238 g/mol. The minimum absolute atomic E-state index is 0.393. The normalized spacial score (nSPS) is 22.6. The van der Waals surface area contributed by atoms with Crippen LogP contribution in [0.1, 0.15) is 37.7 Å². The number of hydrogen-bond acceptors (Lipinski definition) is 2. The van der Waals surface area contributed by atoms with Gasteiger partial charge in [0.1, 0.15) is 5.75 Å². The number of rotatable bonds is 0. The lowest BCUT2D eigenvalue weighted by molar-refractivity contribution is -0.222. The first-order chi connectivity index (χ1) is 7.79. The quantitative estimate of drug-likeness (QED) is 0.682. The summed E-state index contributed by atoms with van der Waals surface area (Å²) in [6.45, 7) is 0.621. The largest absolute Gasteiger partial charge is 0.460 e. The standard InChI is InChI=1S/C13H15ClO2/c14-11-6-4-5-10-9-15-13(16-12(10)11)7-2-1-3-8-13/h4-6H,1-3,7-9H2. The lowest BCUT2D eigenvalue weighted by Crippen LogP contribution is -2.43. The molecule has 1 aromatic rings. The molecule has 1 aliphatic heterocycles. The zero-order valence-electron chi connectivity index (χ0n) is 9.17. The van der Waals surface area contributed by atoms with E-state index in [1.54, 1.807) is 0 Å². The van der Waals surface area contributed by atoms with Crippen molar-refractivity contribution in [2.45, 2.75) is 44.5 Å². The van der Waals surface area contributed by atoms with Gasteiger partial charge >= 0.3 is 0 Å². The molecule has 1 heterocycles. The van der Waals surface area contributed by atoms with Crippen LogP contribution in [-0.4, -0.2) is 5.79 Å². The summed E-state index contributed by atoms with van der Waals surface area (Å²) in [5, 5.41) is 0.700. The molecule has 86 valence electrons. The zero-order chi connectivity index (χ0) is 11.0. The van der Waals surface area contributed by atoms with E-state index >= 15 is 0 Å². The van der Waals surface area contributed by atoms with Gasteiger partial charge in [0.25, 0.3) is 0 Å². The van der Waals surface area contributed by atoms with E-state index in [1.165, 1.54) is 19.3 Å². The second-order valence-corrected chi connectivity index (χ2v) is 5.00. The van der Waals surface area contributed by atoms with Crippen LogP contribution in [0, 0.1) is 0 Å². The van der Waals surface area contributed by atoms with Crippen molar-refractivity contribution in [3.63, 3.8) is 0 Å². The van der Waals surface area contributed by atoms with Crippen LogP contribution in [0.3, 0.4) is 0 Å². The fourth-order valence-electron chi connectivity index (χ4n) is 2.54. The van der Waals surface area contributed by atoms with Gasteiger partial charge in [-0.25, -0.2) is 0 Å². The fraction of sp³-hybridized carbons (Fsp3) is 0.538. The Morgan fingerprint density at radius 1 is 1.12 bits per heavy atom. The predicted octanol–water partition coefficient (Wildman–Crippen LogP) is 3.91. The molecule has 0 amide bonds. The highest BCUT2D eigenvalue weighted by molar-refractivity contribution is 6.32. The van der Waals surface area contributed by atoms with E-state index < -0.39 is 5.79 Å². The summed E-state index contributed by atoms with van der Waals surface area (Å²) in [6, 6.07) is 5.83. The molecule has 3 heteroatoms. The second kappa shape index (κ2) is 3.94. The Labute approximate surface area is 101 Å². The molecule has 2 aliphatic rings. The maximum absolute atomic E-state index is 6.16. The van der Waals surface area contributed by atoms with Gasteiger partial charge in [-0.05, 0) is 18.9 Å². The number of hydrogen-bond donors (Lipinski definition) is 0. The molecule has 3 rings (SSSR count). The Morgan fingerprint density at radius 3 is 2.75 bits per heavy atom. The summed E-state index contributed by atoms with van der Waals surface area (Å²) in [7, 11) is 0. The summed E-state index contributed by atoms with van der Waals surface area (Å²) >= 11 is 6.16. The lowest BCUT2D eigenvalue weighted by Gasteiger charge is -2.41. The third-order valence-electron chi connectivity index (χ3n) is 3.44. The molecule has 2 nitrogen and oxygen atoms in total. The molecule has 0 radical (unpaired) electrons. The smallest absolute Gasteiger partial charge is 0.210 e. The number of ether oxygens (including phenoxy) is 2. The van der Waals surface area contributed by atoms with Crippen LogP contribution in [0.2, 0.25) is 5.02 Å². The Balaban J connectivity index is 1.92. The van der Waals surface area contributed by atoms with Crippen molar-refractivity contribution in [1.29, 1.82) is 0 Å². The summed E-state index contributed by atoms with van der Waals surface area (Å²) in [5.74, 6) is 0.438. The minimum atomic E-state index is -0.393. The maximum Gasteiger partial charge on any atom is 0.210 e. The Bertz CT molecular complexity index is 397. The van der Waals surface area contributed by atoms with Gasteiger partial charge in [0.15, 0.2) is 0 Å². The van der Waals surface area contributed by atoms with Gasteiger partial charge in [-0.2, -0.15) is 0 Å². The topological polar surface area (TPSA) is 18.5 Å². The van der Waals surface area contributed by atoms with Gasteiger partial charge in [-0.15, -0.1) is 0 Å². The number of fused-ring (bicyclic) bond motifs is 1. The highest BCUT2D eigenvalue weighted by Gasteiger charge is 2.39. The summed E-state index contributed by atoms with van der Waals surface area (Å²) in [5.41, 5.74) is 1.06. The molecule has 0 atom stereocenters.